The van der Waals surface area contributed by atoms with E-state index in [0.29, 0.717) is 10.8 Å². The largest absolute Gasteiger partial charge is 0.497 e. The van der Waals surface area contributed by atoms with Gasteiger partial charge in [0.05, 0.1) is 13.2 Å². The Bertz CT molecular complexity index is 1340. The quantitative estimate of drug-likeness (QED) is 0.353. The Labute approximate surface area is 244 Å². The maximum Gasteiger partial charge on any atom is 0.452 e. The Morgan fingerprint density at radius 1 is 0.905 bits per heavy atom. The molecule has 1 aliphatic heterocycles. The van der Waals surface area contributed by atoms with Gasteiger partial charge in [0.15, 0.2) is 0 Å². The van der Waals surface area contributed by atoms with Crippen molar-refractivity contribution >= 4 is 35.1 Å². The van der Waals surface area contributed by atoms with Gasteiger partial charge in [0.1, 0.15) is 30.4 Å². The van der Waals surface area contributed by atoms with Gasteiger partial charge in [-0.3, -0.25) is 19.2 Å². The van der Waals surface area contributed by atoms with Gasteiger partial charge in [0, 0.05) is 10.6 Å². The van der Waals surface area contributed by atoms with Crippen LogP contribution in [0.15, 0.2) is 61.1 Å². The lowest BCUT2D eigenvalue weighted by atomic mass is 9.97. The van der Waals surface area contributed by atoms with E-state index >= 15 is 0 Å². The summed E-state index contributed by atoms with van der Waals surface area (Å²) in [7, 11) is 1.41. The van der Waals surface area contributed by atoms with Gasteiger partial charge in [-0.25, -0.2) is 0 Å². The topological polar surface area (TPSA) is 132 Å². The third-order valence-corrected chi connectivity index (χ3v) is 6.53. The van der Waals surface area contributed by atoms with Crippen LogP contribution in [-0.4, -0.2) is 48.9 Å². The number of carbonyl (C=O) groups excluding carboxylic acids is 4. The lowest BCUT2D eigenvalue weighted by Gasteiger charge is -2.29. The third kappa shape index (κ3) is 7.32. The van der Waals surface area contributed by atoms with Crippen molar-refractivity contribution in [2.45, 2.75) is 50.9 Å². The van der Waals surface area contributed by atoms with E-state index in [-0.39, 0.29) is 11.1 Å². The van der Waals surface area contributed by atoms with Crippen molar-refractivity contribution < 1.29 is 46.6 Å². The van der Waals surface area contributed by atoms with Gasteiger partial charge in [0.25, 0.3) is 5.78 Å². The van der Waals surface area contributed by atoms with Crippen molar-refractivity contribution in [1.29, 1.82) is 0 Å². The first-order valence-corrected chi connectivity index (χ1v) is 13.0. The number of carbonyl (C=O) groups is 4. The molecule has 10 nitrogen and oxygen atoms in total. The molecule has 0 aromatic heterocycles. The van der Waals surface area contributed by atoms with E-state index in [1.165, 1.54) is 64.3 Å². The van der Waals surface area contributed by atoms with E-state index in [1.807, 2.05) is 0 Å². The second kappa shape index (κ2) is 13.1. The van der Waals surface area contributed by atoms with Crippen molar-refractivity contribution in [3.8, 4) is 5.75 Å². The number of amides is 3. The van der Waals surface area contributed by atoms with Crippen molar-refractivity contribution in [3.05, 3.63) is 77.2 Å². The summed E-state index contributed by atoms with van der Waals surface area (Å²) >= 11 is 6.05. The van der Waals surface area contributed by atoms with E-state index < -0.39 is 59.5 Å². The first-order chi connectivity index (χ1) is 19.7. The molecule has 3 N–H and O–H groups in total. The van der Waals surface area contributed by atoms with Gasteiger partial charge < -0.3 is 30.2 Å². The smallest absolute Gasteiger partial charge is 0.452 e. The molecule has 0 aliphatic carbocycles. The van der Waals surface area contributed by atoms with Gasteiger partial charge in [-0.05, 0) is 42.7 Å². The third-order valence-electron chi connectivity index (χ3n) is 6.29. The van der Waals surface area contributed by atoms with E-state index in [9.17, 15) is 32.3 Å². The van der Waals surface area contributed by atoms with Crippen LogP contribution in [0.2, 0.25) is 5.02 Å². The average molecular weight is 612 g/mol. The van der Waals surface area contributed by atoms with Crippen molar-refractivity contribution in [2.24, 2.45) is 5.92 Å². The zero-order chi connectivity index (χ0) is 31.2. The molecule has 3 rings (SSSR count). The van der Waals surface area contributed by atoms with Crippen LogP contribution in [0.5, 0.6) is 5.75 Å². The molecule has 0 radical (unpaired) electrons. The second-order valence-electron chi connectivity index (χ2n) is 9.64. The van der Waals surface area contributed by atoms with Crippen LogP contribution in [0.3, 0.4) is 0 Å². The molecule has 1 unspecified atom stereocenters. The van der Waals surface area contributed by atoms with Crippen LogP contribution >= 0.6 is 11.6 Å². The molecule has 0 bridgehead atoms. The van der Waals surface area contributed by atoms with E-state index in [1.54, 1.807) is 12.1 Å². The molecule has 42 heavy (non-hydrogen) atoms. The monoisotopic (exact) mass is 611 g/mol. The Balaban J connectivity index is 1.84. The van der Waals surface area contributed by atoms with Crippen molar-refractivity contribution in [3.63, 3.8) is 0 Å². The normalized spacial score (nSPS) is 15.9. The van der Waals surface area contributed by atoms with Gasteiger partial charge in [0.2, 0.25) is 11.8 Å². The maximum absolute atomic E-state index is 13.3. The minimum atomic E-state index is -5.20. The summed E-state index contributed by atoms with van der Waals surface area (Å²) in [5.41, 5.74) is 0.402. The molecule has 14 heteroatoms. The average Bonchev–Trinajstić information content (AvgIpc) is 3.45. The Morgan fingerprint density at radius 2 is 1.52 bits per heavy atom. The minimum Gasteiger partial charge on any atom is -0.497 e. The molecule has 226 valence electrons. The SMILES string of the molecule is COc1ccc([C@H](NC(=O)[C@H](C)NC(=O)C2(c3cccc(Cl)c3)OC=CO2)C(=O)NC(C(=O)C(F)(F)F)C(C)C)cc1. The first-order valence-electron chi connectivity index (χ1n) is 12.6. The standard InChI is InChI=1S/C28H29ClF3N3O7/c1-15(2)21(23(36)28(30,31)32)34-25(38)22(17-8-10-20(40-4)11-9-17)35-24(37)16(3)33-26(39)27(41-12-13-42-27)18-6-5-7-19(29)14-18/h5-16,21-22H,1-4H3,(H,33,39)(H,34,38)(H,35,37)/t16-,21?,22-/m0/s1. The number of alkyl halides is 3. The Morgan fingerprint density at radius 3 is 2.05 bits per heavy atom. The number of hydrogen-bond donors (Lipinski definition) is 3. The fourth-order valence-electron chi connectivity index (χ4n) is 4.01. The lowest BCUT2D eigenvalue weighted by Crippen LogP contribution is -2.56. The number of ether oxygens (including phenoxy) is 3. The number of methoxy groups -OCH3 is 1. The van der Waals surface area contributed by atoms with E-state index in [4.69, 9.17) is 25.8 Å². The number of hydrogen-bond acceptors (Lipinski definition) is 7. The van der Waals surface area contributed by atoms with Gasteiger partial charge in [-0.15, -0.1) is 0 Å². The zero-order valence-electron chi connectivity index (χ0n) is 23.0. The number of nitrogens with one attached hydrogen (secondary N) is 3. The fourth-order valence-corrected chi connectivity index (χ4v) is 4.20. The summed E-state index contributed by atoms with van der Waals surface area (Å²) in [6.45, 7) is 3.99. The summed E-state index contributed by atoms with van der Waals surface area (Å²) in [5.74, 6) is -7.47. The number of Topliss-reactive ketones (excluding diaryl/α,β-unsaturated/α-hetero) is 1. The Kier molecular flexibility index (Phi) is 10.1. The molecule has 1 aliphatic rings. The molecular weight excluding hydrogens is 583 g/mol. The van der Waals surface area contributed by atoms with E-state index in [0.717, 1.165) is 12.5 Å². The molecular formula is C28H29ClF3N3O7. The summed E-state index contributed by atoms with van der Waals surface area (Å²) in [5, 5.41) is 7.29. The summed E-state index contributed by atoms with van der Waals surface area (Å²) in [6, 6.07) is 7.15. The predicted octanol–water partition coefficient (Wildman–Crippen LogP) is 3.65. The van der Waals surface area contributed by atoms with E-state index in [2.05, 4.69) is 16.0 Å². The molecule has 0 saturated heterocycles. The second-order valence-corrected chi connectivity index (χ2v) is 10.1. The first kappa shape index (κ1) is 32.3. The summed E-state index contributed by atoms with van der Waals surface area (Å²) in [6.07, 6.45) is -2.91. The van der Waals surface area contributed by atoms with Crippen LogP contribution in [0.25, 0.3) is 0 Å². The molecule has 3 amide bonds. The van der Waals surface area contributed by atoms with Gasteiger partial charge >= 0.3 is 17.9 Å². The number of benzene rings is 2. The zero-order valence-corrected chi connectivity index (χ0v) is 23.7. The molecule has 2 aromatic rings. The summed E-state index contributed by atoms with van der Waals surface area (Å²) < 4.78 is 55.6. The molecule has 2 aromatic carbocycles. The van der Waals surface area contributed by atoms with Crippen molar-refractivity contribution in [2.75, 3.05) is 7.11 Å². The number of rotatable bonds is 11. The summed E-state index contributed by atoms with van der Waals surface area (Å²) in [4.78, 5) is 51.8. The molecule has 0 fully saturated rings. The predicted molar refractivity (Wildman–Crippen MR) is 144 cm³/mol. The van der Waals surface area contributed by atoms with Crippen LogP contribution in [0.4, 0.5) is 13.2 Å². The number of halogens is 4. The molecule has 0 spiro atoms. The number of ketones is 1. The molecule has 1 heterocycles. The highest BCUT2D eigenvalue weighted by Crippen LogP contribution is 2.34. The minimum absolute atomic E-state index is 0.171. The van der Waals surface area contributed by atoms with Crippen LogP contribution in [0.1, 0.15) is 37.9 Å². The van der Waals surface area contributed by atoms with Crippen LogP contribution in [0, 0.1) is 5.92 Å². The highest BCUT2D eigenvalue weighted by atomic mass is 35.5. The fraction of sp³-hybridized carbons (Fsp3) is 0.357. The van der Waals surface area contributed by atoms with Crippen LogP contribution < -0.4 is 20.7 Å². The van der Waals surface area contributed by atoms with Crippen LogP contribution in [-0.2, 0) is 34.4 Å². The highest BCUT2D eigenvalue weighted by Gasteiger charge is 2.48. The molecule has 0 saturated carbocycles. The van der Waals surface area contributed by atoms with Crippen molar-refractivity contribution in [1.82, 2.24) is 16.0 Å². The highest BCUT2D eigenvalue weighted by molar-refractivity contribution is 6.30. The molecule has 3 atom stereocenters. The van der Waals surface area contributed by atoms with Gasteiger partial charge in [-0.1, -0.05) is 49.7 Å². The van der Waals surface area contributed by atoms with Gasteiger partial charge in [-0.2, -0.15) is 13.2 Å². The maximum atomic E-state index is 13.3. The Hall–Kier alpha value is -4.26. The lowest BCUT2D eigenvalue weighted by molar-refractivity contribution is -0.181.